The number of hydrogen-bond acceptors (Lipinski definition) is 5. The van der Waals surface area contributed by atoms with E-state index in [4.69, 9.17) is 17.3 Å². The molecule has 0 aliphatic carbocycles. The van der Waals surface area contributed by atoms with E-state index in [1.165, 1.54) is 30.5 Å². The number of para-hydroxylation sites is 2. The molecular formula is C24H30ClN5O3. The number of likely N-dealkylation sites (tertiary alicyclic amines) is 1. The van der Waals surface area contributed by atoms with Crippen LogP contribution in [-0.2, 0) is 11.3 Å². The van der Waals surface area contributed by atoms with Crippen LogP contribution >= 0.6 is 11.6 Å². The molecule has 1 amide bonds. The zero-order valence-electron chi connectivity index (χ0n) is 18.9. The number of rotatable bonds is 5. The van der Waals surface area contributed by atoms with Crippen molar-refractivity contribution in [2.45, 2.75) is 45.3 Å². The first kappa shape index (κ1) is 24.7. The standard InChI is InChI=1S/C16H12ClN3O3.C8H18N2/c17-10-5-7-11(8-6-10)18-14(21)9-20-13-4-2-1-3-12(13)19-15(20)16(22)23;1-7(2)10-5-3-8(9)4-6-10/h1-8H,9H2,(H,18,21)(H,22,23);7-8H,3-6,9H2,1-2H3. The molecule has 0 atom stereocenters. The van der Waals surface area contributed by atoms with Gasteiger partial charge in [-0.3, -0.25) is 4.79 Å². The molecule has 4 N–H and O–H groups in total. The van der Waals surface area contributed by atoms with E-state index in [9.17, 15) is 14.7 Å². The number of nitrogens with zero attached hydrogens (tertiary/aromatic N) is 3. The number of piperidine rings is 1. The molecule has 1 aliphatic heterocycles. The Hall–Kier alpha value is -2.94. The third kappa shape index (κ3) is 6.77. The van der Waals surface area contributed by atoms with Crippen molar-refractivity contribution in [1.29, 1.82) is 0 Å². The Bertz CT molecular complexity index is 1090. The maximum atomic E-state index is 12.2. The number of carboxylic acid groups (broad SMARTS) is 1. The van der Waals surface area contributed by atoms with Gasteiger partial charge in [-0.05, 0) is 76.2 Å². The summed E-state index contributed by atoms with van der Waals surface area (Å²) >= 11 is 5.79. The molecule has 2 aromatic carbocycles. The maximum Gasteiger partial charge on any atom is 0.372 e. The van der Waals surface area contributed by atoms with Crippen molar-refractivity contribution in [2.24, 2.45) is 5.73 Å². The van der Waals surface area contributed by atoms with Crippen molar-refractivity contribution in [1.82, 2.24) is 14.5 Å². The van der Waals surface area contributed by atoms with Gasteiger partial charge in [-0.1, -0.05) is 23.7 Å². The quantitative estimate of drug-likeness (QED) is 0.521. The van der Waals surface area contributed by atoms with Gasteiger partial charge in [-0.25, -0.2) is 9.78 Å². The number of imidazole rings is 1. The van der Waals surface area contributed by atoms with Crippen LogP contribution in [0.4, 0.5) is 5.69 Å². The normalized spacial score (nSPS) is 14.7. The van der Waals surface area contributed by atoms with Gasteiger partial charge in [-0.15, -0.1) is 0 Å². The smallest absolute Gasteiger partial charge is 0.372 e. The van der Waals surface area contributed by atoms with E-state index in [1.54, 1.807) is 48.5 Å². The second-order valence-electron chi connectivity index (χ2n) is 8.34. The minimum atomic E-state index is -1.18. The van der Waals surface area contributed by atoms with Crippen molar-refractivity contribution in [3.05, 3.63) is 59.4 Å². The number of amides is 1. The summed E-state index contributed by atoms with van der Waals surface area (Å²) in [5.41, 5.74) is 7.48. The van der Waals surface area contributed by atoms with Gasteiger partial charge < -0.3 is 25.6 Å². The Kier molecular flexibility index (Phi) is 8.43. The van der Waals surface area contributed by atoms with Gasteiger partial charge in [0.05, 0.1) is 11.0 Å². The van der Waals surface area contributed by atoms with Crippen LogP contribution in [0.15, 0.2) is 48.5 Å². The second-order valence-corrected chi connectivity index (χ2v) is 8.77. The van der Waals surface area contributed by atoms with Gasteiger partial charge in [0.15, 0.2) is 0 Å². The minimum absolute atomic E-state index is 0.148. The number of fused-ring (bicyclic) bond motifs is 1. The second kappa shape index (κ2) is 11.3. The summed E-state index contributed by atoms with van der Waals surface area (Å²) < 4.78 is 1.38. The summed E-state index contributed by atoms with van der Waals surface area (Å²) in [5.74, 6) is -1.70. The van der Waals surface area contributed by atoms with E-state index in [-0.39, 0.29) is 18.3 Å². The van der Waals surface area contributed by atoms with Gasteiger partial charge in [-0.2, -0.15) is 0 Å². The van der Waals surface area contributed by atoms with Crippen molar-refractivity contribution < 1.29 is 14.7 Å². The fraction of sp³-hybridized carbons (Fsp3) is 0.375. The molecule has 0 saturated carbocycles. The van der Waals surface area contributed by atoms with Gasteiger partial charge in [0.25, 0.3) is 0 Å². The van der Waals surface area contributed by atoms with Crippen LogP contribution in [0.1, 0.15) is 37.3 Å². The van der Waals surface area contributed by atoms with E-state index in [2.05, 4.69) is 29.0 Å². The maximum absolute atomic E-state index is 12.2. The molecule has 0 radical (unpaired) electrons. The van der Waals surface area contributed by atoms with Gasteiger partial charge in [0, 0.05) is 22.8 Å². The van der Waals surface area contributed by atoms with E-state index in [0.29, 0.717) is 33.8 Å². The Morgan fingerprint density at radius 3 is 2.39 bits per heavy atom. The van der Waals surface area contributed by atoms with Crippen LogP contribution in [0.3, 0.4) is 0 Å². The molecule has 1 fully saturated rings. The van der Waals surface area contributed by atoms with E-state index in [0.717, 1.165) is 0 Å². The highest BCUT2D eigenvalue weighted by atomic mass is 35.5. The number of benzene rings is 2. The SMILES string of the molecule is CC(C)N1CCC(N)CC1.O=C(Cn1c(C(=O)O)nc2ccccc21)Nc1ccc(Cl)cc1. The van der Waals surface area contributed by atoms with Crippen LogP contribution in [0.5, 0.6) is 0 Å². The Balaban J connectivity index is 0.000000257. The predicted octanol–water partition coefficient (Wildman–Crippen LogP) is 3.84. The predicted molar refractivity (Wildman–Crippen MR) is 131 cm³/mol. The molecule has 33 heavy (non-hydrogen) atoms. The molecule has 3 aromatic rings. The molecule has 4 rings (SSSR count). The number of aromatic carboxylic acids is 1. The van der Waals surface area contributed by atoms with Gasteiger partial charge >= 0.3 is 5.97 Å². The van der Waals surface area contributed by atoms with E-state index in [1.807, 2.05) is 0 Å². The van der Waals surface area contributed by atoms with Crippen molar-refractivity contribution in [2.75, 3.05) is 18.4 Å². The topological polar surface area (TPSA) is 113 Å². The van der Waals surface area contributed by atoms with Crippen LogP contribution < -0.4 is 11.1 Å². The summed E-state index contributed by atoms with van der Waals surface area (Å²) in [6, 6.07) is 14.8. The lowest BCUT2D eigenvalue weighted by Gasteiger charge is -2.32. The molecule has 1 aromatic heterocycles. The van der Waals surface area contributed by atoms with Crippen LogP contribution in [-0.4, -0.2) is 56.6 Å². The lowest BCUT2D eigenvalue weighted by Crippen LogP contribution is -2.42. The highest BCUT2D eigenvalue weighted by Crippen LogP contribution is 2.17. The molecule has 176 valence electrons. The zero-order valence-corrected chi connectivity index (χ0v) is 19.6. The lowest BCUT2D eigenvalue weighted by atomic mass is 10.1. The van der Waals surface area contributed by atoms with Crippen LogP contribution in [0.2, 0.25) is 5.02 Å². The number of nitrogens with two attached hydrogens (primary N) is 1. The van der Waals surface area contributed by atoms with Gasteiger partial charge in [0.2, 0.25) is 11.7 Å². The first-order chi connectivity index (χ1) is 15.7. The van der Waals surface area contributed by atoms with Crippen molar-refractivity contribution >= 4 is 40.2 Å². The third-order valence-electron chi connectivity index (χ3n) is 5.58. The van der Waals surface area contributed by atoms with E-state index < -0.39 is 5.97 Å². The Labute approximate surface area is 198 Å². The lowest BCUT2D eigenvalue weighted by molar-refractivity contribution is -0.116. The monoisotopic (exact) mass is 471 g/mol. The minimum Gasteiger partial charge on any atom is -0.475 e. The van der Waals surface area contributed by atoms with E-state index >= 15 is 0 Å². The fourth-order valence-electron chi connectivity index (χ4n) is 3.71. The highest BCUT2D eigenvalue weighted by Gasteiger charge is 2.19. The molecule has 0 spiro atoms. The number of anilines is 1. The molecule has 1 saturated heterocycles. The summed E-state index contributed by atoms with van der Waals surface area (Å²) in [5, 5.41) is 12.5. The first-order valence-corrected chi connectivity index (χ1v) is 11.4. The first-order valence-electron chi connectivity index (χ1n) is 11.0. The Morgan fingerprint density at radius 1 is 1.15 bits per heavy atom. The number of hydrogen-bond donors (Lipinski definition) is 3. The van der Waals surface area contributed by atoms with Crippen LogP contribution in [0, 0.1) is 0 Å². The zero-order chi connectivity index (χ0) is 24.0. The molecule has 2 heterocycles. The molecule has 0 unspecified atom stereocenters. The third-order valence-corrected chi connectivity index (χ3v) is 5.83. The summed E-state index contributed by atoms with van der Waals surface area (Å²) in [6.07, 6.45) is 2.36. The number of halogens is 1. The fourth-order valence-corrected chi connectivity index (χ4v) is 3.84. The number of carboxylic acids is 1. The van der Waals surface area contributed by atoms with Crippen molar-refractivity contribution in [3.8, 4) is 0 Å². The number of nitrogens with one attached hydrogen (secondary N) is 1. The average molecular weight is 472 g/mol. The number of aromatic nitrogens is 2. The number of carbonyl (C=O) groups excluding carboxylic acids is 1. The van der Waals surface area contributed by atoms with Crippen molar-refractivity contribution in [3.63, 3.8) is 0 Å². The summed E-state index contributed by atoms with van der Waals surface area (Å²) in [7, 11) is 0. The molecule has 8 nitrogen and oxygen atoms in total. The molecule has 1 aliphatic rings. The average Bonchev–Trinajstić information content (AvgIpc) is 3.15. The van der Waals surface area contributed by atoms with Crippen LogP contribution in [0.25, 0.3) is 11.0 Å². The largest absolute Gasteiger partial charge is 0.475 e. The summed E-state index contributed by atoms with van der Waals surface area (Å²) in [4.78, 5) is 30.1. The highest BCUT2D eigenvalue weighted by molar-refractivity contribution is 6.30. The van der Waals surface area contributed by atoms with Gasteiger partial charge in [0.1, 0.15) is 6.54 Å². The molecular weight excluding hydrogens is 442 g/mol. The summed E-state index contributed by atoms with van der Waals surface area (Å²) in [6.45, 7) is 6.73. The number of carbonyl (C=O) groups is 2. The Morgan fingerprint density at radius 2 is 1.79 bits per heavy atom. The molecule has 9 heteroatoms. The molecule has 0 bridgehead atoms.